The molecule has 0 unspecified atom stereocenters. The van der Waals surface area contributed by atoms with Crippen LogP contribution < -0.4 is 5.73 Å². The fourth-order valence-corrected chi connectivity index (χ4v) is 0.734. The Bertz CT molecular complexity index is 159. The fourth-order valence-electron chi connectivity index (χ4n) is 0.734. The summed E-state index contributed by atoms with van der Waals surface area (Å²) in [6.45, 7) is 6.07. The molecule has 0 aliphatic carbocycles. The quantitative estimate of drug-likeness (QED) is 0.618. The SMILES string of the molecule is C/C(=C\CCC(C)C)C(N)=O. The Morgan fingerprint density at radius 1 is 1.55 bits per heavy atom. The van der Waals surface area contributed by atoms with Crippen LogP contribution in [0.25, 0.3) is 0 Å². The van der Waals surface area contributed by atoms with Crippen molar-refractivity contribution < 1.29 is 4.79 Å². The van der Waals surface area contributed by atoms with Crippen molar-refractivity contribution in [2.75, 3.05) is 0 Å². The van der Waals surface area contributed by atoms with E-state index in [1.165, 1.54) is 0 Å². The van der Waals surface area contributed by atoms with Gasteiger partial charge in [-0.25, -0.2) is 0 Å². The van der Waals surface area contributed by atoms with Crippen molar-refractivity contribution in [2.45, 2.75) is 33.6 Å². The van der Waals surface area contributed by atoms with E-state index in [0.717, 1.165) is 12.8 Å². The molecule has 2 heteroatoms. The van der Waals surface area contributed by atoms with Gasteiger partial charge in [0.05, 0.1) is 0 Å². The van der Waals surface area contributed by atoms with Gasteiger partial charge >= 0.3 is 0 Å². The standard InChI is InChI=1S/C9H17NO/c1-7(2)5-4-6-8(3)9(10)11/h6-7H,4-5H2,1-3H3,(H2,10,11)/b8-6+. The van der Waals surface area contributed by atoms with Crippen LogP contribution in [-0.4, -0.2) is 5.91 Å². The molecule has 0 aliphatic rings. The first-order valence-corrected chi connectivity index (χ1v) is 4.00. The molecule has 0 aromatic heterocycles. The van der Waals surface area contributed by atoms with Crippen LogP contribution in [0.1, 0.15) is 33.6 Å². The van der Waals surface area contributed by atoms with Crippen molar-refractivity contribution in [3.63, 3.8) is 0 Å². The second-order valence-corrected chi connectivity index (χ2v) is 3.22. The van der Waals surface area contributed by atoms with E-state index < -0.39 is 0 Å². The van der Waals surface area contributed by atoms with Gasteiger partial charge in [0.25, 0.3) is 0 Å². The number of carbonyl (C=O) groups is 1. The summed E-state index contributed by atoms with van der Waals surface area (Å²) in [6, 6.07) is 0. The summed E-state index contributed by atoms with van der Waals surface area (Å²) < 4.78 is 0. The van der Waals surface area contributed by atoms with Gasteiger partial charge in [-0.05, 0) is 25.7 Å². The van der Waals surface area contributed by atoms with Gasteiger partial charge in [-0.2, -0.15) is 0 Å². The smallest absolute Gasteiger partial charge is 0.244 e. The zero-order chi connectivity index (χ0) is 8.85. The van der Waals surface area contributed by atoms with E-state index in [1.54, 1.807) is 6.92 Å². The molecule has 0 fully saturated rings. The second kappa shape index (κ2) is 4.94. The summed E-state index contributed by atoms with van der Waals surface area (Å²) in [5.41, 5.74) is 5.72. The molecule has 2 N–H and O–H groups in total. The topological polar surface area (TPSA) is 43.1 Å². The van der Waals surface area contributed by atoms with Gasteiger partial charge in [0.1, 0.15) is 0 Å². The molecular weight excluding hydrogens is 138 g/mol. The minimum atomic E-state index is -0.311. The molecule has 0 spiro atoms. The third-order valence-corrected chi connectivity index (χ3v) is 1.58. The van der Waals surface area contributed by atoms with Crippen LogP contribution in [0.4, 0.5) is 0 Å². The lowest BCUT2D eigenvalue weighted by Gasteiger charge is -2.00. The highest BCUT2D eigenvalue weighted by Gasteiger charge is 1.96. The van der Waals surface area contributed by atoms with Gasteiger partial charge in [-0.3, -0.25) is 4.79 Å². The molecule has 0 atom stereocenters. The summed E-state index contributed by atoms with van der Waals surface area (Å²) in [4.78, 5) is 10.5. The molecule has 0 aromatic carbocycles. The zero-order valence-electron chi connectivity index (χ0n) is 7.55. The molecule has 0 saturated carbocycles. The highest BCUT2D eigenvalue weighted by molar-refractivity contribution is 5.91. The van der Waals surface area contributed by atoms with Gasteiger partial charge < -0.3 is 5.73 Å². The highest BCUT2D eigenvalue weighted by atomic mass is 16.1. The Balaban J connectivity index is 3.65. The lowest BCUT2D eigenvalue weighted by atomic mass is 10.1. The number of carbonyl (C=O) groups excluding carboxylic acids is 1. The minimum Gasteiger partial charge on any atom is -0.366 e. The van der Waals surface area contributed by atoms with Gasteiger partial charge in [0, 0.05) is 5.57 Å². The molecule has 64 valence electrons. The summed E-state index contributed by atoms with van der Waals surface area (Å²) in [6.07, 6.45) is 3.97. The number of rotatable bonds is 4. The minimum absolute atomic E-state index is 0.311. The first-order chi connectivity index (χ1) is 5.04. The molecule has 1 amide bonds. The number of amides is 1. The van der Waals surface area contributed by atoms with Crippen molar-refractivity contribution in [3.05, 3.63) is 11.6 Å². The first-order valence-electron chi connectivity index (χ1n) is 4.00. The maximum Gasteiger partial charge on any atom is 0.244 e. The van der Waals surface area contributed by atoms with E-state index in [2.05, 4.69) is 13.8 Å². The van der Waals surface area contributed by atoms with Crippen LogP contribution >= 0.6 is 0 Å². The van der Waals surface area contributed by atoms with Gasteiger partial charge in [0.2, 0.25) is 5.91 Å². The van der Waals surface area contributed by atoms with Crippen LogP contribution in [0.3, 0.4) is 0 Å². The number of hydrogen-bond donors (Lipinski definition) is 1. The Labute approximate surface area is 68.5 Å². The number of allylic oxidation sites excluding steroid dienone is 1. The summed E-state index contributed by atoms with van der Waals surface area (Å²) in [5, 5.41) is 0. The fraction of sp³-hybridized carbons (Fsp3) is 0.667. The maximum atomic E-state index is 10.5. The Hall–Kier alpha value is -0.790. The molecule has 2 nitrogen and oxygen atoms in total. The van der Waals surface area contributed by atoms with Gasteiger partial charge in [-0.15, -0.1) is 0 Å². The number of primary amides is 1. The van der Waals surface area contributed by atoms with E-state index in [-0.39, 0.29) is 5.91 Å². The van der Waals surface area contributed by atoms with E-state index in [4.69, 9.17) is 5.73 Å². The molecule has 0 aliphatic heterocycles. The monoisotopic (exact) mass is 155 g/mol. The second-order valence-electron chi connectivity index (χ2n) is 3.22. The third-order valence-electron chi connectivity index (χ3n) is 1.58. The normalized spacial score (nSPS) is 12.2. The van der Waals surface area contributed by atoms with Crippen molar-refractivity contribution in [3.8, 4) is 0 Å². The van der Waals surface area contributed by atoms with Crippen LogP contribution in [0, 0.1) is 5.92 Å². The van der Waals surface area contributed by atoms with E-state index in [0.29, 0.717) is 11.5 Å². The molecular formula is C9H17NO. The molecule has 0 aromatic rings. The summed E-state index contributed by atoms with van der Waals surface area (Å²) in [5.74, 6) is 0.376. The number of hydrogen-bond acceptors (Lipinski definition) is 1. The van der Waals surface area contributed by atoms with E-state index in [9.17, 15) is 4.79 Å². The molecule has 11 heavy (non-hydrogen) atoms. The lowest BCUT2D eigenvalue weighted by Crippen LogP contribution is -2.11. The first kappa shape index (κ1) is 10.2. The Morgan fingerprint density at radius 2 is 2.09 bits per heavy atom. The maximum absolute atomic E-state index is 10.5. The summed E-state index contributed by atoms with van der Waals surface area (Å²) >= 11 is 0. The largest absolute Gasteiger partial charge is 0.366 e. The molecule has 0 bridgehead atoms. The summed E-state index contributed by atoms with van der Waals surface area (Å²) in [7, 11) is 0. The highest BCUT2D eigenvalue weighted by Crippen LogP contribution is 2.05. The lowest BCUT2D eigenvalue weighted by molar-refractivity contribution is -0.114. The van der Waals surface area contributed by atoms with Crippen LogP contribution in [0.15, 0.2) is 11.6 Å². The van der Waals surface area contributed by atoms with Crippen LogP contribution in [0.2, 0.25) is 0 Å². The Kier molecular flexibility index (Phi) is 4.59. The van der Waals surface area contributed by atoms with Crippen molar-refractivity contribution >= 4 is 5.91 Å². The van der Waals surface area contributed by atoms with Crippen molar-refractivity contribution in [1.82, 2.24) is 0 Å². The molecule has 0 rings (SSSR count). The molecule has 0 radical (unpaired) electrons. The van der Waals surface area contributed by atoms with Gasteiger partial charge in [-0.1, -0.05) is 19.9 Å². The van der Waals surface area contributed by atoms with E-state index >= 15 is 0 Å². The molecule has 0 heterocycles. The Morgan fingerprint density at radius 3 is 2.45 bits per heavy atom. The van der Waals surface area contributed by atoms with Crippen LogP contribution in [0.5, 0.6) is 0 Å². The average Bonchev–Trinajstić information content (AvgIpc) is 1.86. The third kappa shape index (κ3) is 5.64. The zero-order valence-corrected chi connectivity index (χ0v) is 7.55. The predicted octanol–water partition coefficient (Wildman–Crippen LogP) is 1.85. The van der Waals surface area contributed by atoms with Crippen LogP contribution in [-0.2, 0) is 4.79 Å². The molecule has 0 saturated heterocycles. The van der Waals surface area contributed by atoms with Crippen molar-refractivity contribution in [1.29, 1.82) is 0 Å². The average molecular weight is 155 g/mol. The van der Waals surface area contributed by atoms with E-state index in [1.807, 2.05) is 6.08 Å². The number of nitrogens with two attached hydrogens (primary N) is 1. The predicted molar refractivity (Wildman–Crippen MR) is 47.0 cm³/mol. The van der Waals surface area contributed by atoms with Gasteiger partial charge in [0.15, 0.2) is 0 Å². The van der Waals surface area contributed by atoms with Crippen molar-refractivity contribution in [2.24, 2.45) is 11.7 Å².